The van der Waals surface area contributed by atoms with Gasteiger partial charge < -0.3 is 20.6 Å². The fourth-order valence-corrected chi connectivity index (χ4v) is 2.41. The van der Waals surface area contributed by atoms with Crippen LogP contribution in [0.5, 0.6) is 0 Å². The highest BCUT2D eigenvalue weighted by molar-refractivity contribution is 5.74. The van der Waals surface area contributed by atoms with E-state index >= 15 is 0 Å². The van der Waals surface area contributed by atoms with Crippen molar-refractivity contribution in [3.8, 4) is 0 Å². The summed E-state index contributed by atoms with van der Waals surface area (Å²) < 4.78 is 0. The van der Waals surface area contributed by atoms with Crippen LogP contribution in [-0.4, -0.2) is 52.8 Å². The minimum Gasteiger partial charge on any atom is -0.481 e. The Bertz CT molecular complexity index is 497. The van der Waals surface area contributed by atoms with Crippen LogP contribution in [0.25, 0.3) is 0 Å². The van der Waals surface area contributed by atoms with Crippen molar-refractivity contribution in [2.45, 2.75) is 31.7 Å². The number of carboxylic acids is 1. The van der Waals surface area contributed by atoms with E-state index in [-0.39, 0.29) is 18.5 Å². The van der Waals surface area contributed by atoms with Crippen LogP contribution < -0.4 is 15.5 Å². The number of aromatic nitrogens is 2. The maximum absolute atomic E-state index is 11.8. The van der Waals surface area contributed by atoms with Crippen LogP contribution >= 0.6 is 0 Å². The van der Waals surface area contributed by atoms with E-state index in [0.29, 0.717) is 25.5 Å². The van der Waals surface area contributed by atoms with E-state index in [1.165, 1.54) is 0 Å². The van der Waals surface area contributed by atoms with Crippen molar-refractivity contribution in [1.82, 2.24) is 20.6 Å². The number of carbonyl (C=O) groups is 2. The number of aliphatic carboxylic acids is 1. The van der Waals surface area contributed by atoms with Crippen LogP contribution in [0, 0.1) is 0 Å². The fourth-order valence-electron chi connectivity index (χ4n) is 2.41. The van der Waals surface area contributed by atoms with Crippen molar-refractivity contribution < 1.29 is 14.7 Å². The van der Waals surface area contributed by atoms with Crippen LogP contribution in [0.1, 0.15) is 25.7 Å². The van der Waals surface area contributed by atoms with E-state index in [4.69, 9.17) is 5.11 Å². The van der Waals surface area contributed by atoms with Crippen LogP contribution in [0.3, 0.4) is 0 Å². The maximum Gasteiger partial charge on any atom is 0.315 e. The second kappa shape index (κ2) is 8.16. The van der Waals surface area contributed by atoms with E-state index in [1.54, 1.807) is 18.5 Å². The molecule has 0 bridgehead atoms. The Morgan fingerprint density at radius 3 is 2.86 bits per heavy atom. The van der Waals surface area contributed by atoms with Crippen molar-refractivity contribution in [3.05, 3.63) is 18.5 Å². The van der Waals surface area contributed by atoms with Crippen molar-refractivity contribution in [2.75, 3.05) is 24.5 Å². The lowest BCUT2D eigenvalue weighted by Gasteiger charge is -2.33. The second-order valence-corrected chi connectivity index (χ2v) is 5.23. The molecule has 1 fully saturated rings. The average molecular weight is 307 g/mol. The number of nitrogens with one attached hydrogen (secondary N) is 2. The summed E-state index contributed by atoms with van der Waals surface area (Å²) in [5, 5.41) is 14.1. The number of hydrogen-bond donors (Lipinski definition) is 3. The lowest BCUT2D eigenvalue weighted by molar-refractivity contribution is -0.137. The minimum absolute atomic E-state index is 0.0389. The molecule has 3 N–H and O–H groups in total. The van der Waals surface area contributed by atoms with Gasteiger partial charge in [-0.25, -0.2) is 14.8 Å². The van der Waals surface area contributed by atoms with Gasteiger partial charge in [-0.05, 0) is 25.3 Å². The van der Waals surface area contributed by atoms with Crippen LogP contribution in [0.2, 0.25) is 0 Å². The lowest BCUT2D eigenvalue weighted by Crippen LogP contribution is -2.51. The number of hydrogen-bond acceptors (Lipinski definition) is 5. The van der Waals surface area contributed by atoms with Gasteiger partial charge in [0.15, 0.2) is 0 Å². The fraction of sp³-hybridized carbons (Fsp3) is 0.571. The molecule has 1 aromatic rings. The molecule has 1 aliphatic rings. The molecule has 8 nitrogen and oxygen atoms in total. The van der Waals surface area contributed by atoms with Crippen molar-refractivity contribution >= 4 is 17.9 Å². The molecule has 22 heavy (non-hydrogen) atoms. The zero-order chi connectivity index (χ0) is 15.8. The highest BCUT2D eigenvalue weighted by Crippen LogP contribution is 2.15. The van der Waals surface area contributed by atoms with Gasteiger partial charge in [-0.15, -0.1) is 0 Å². The van der Waals surface area contributed by atoms with Gasteiger partial charge in [-0.1, -0.05) is 0 Å². The van der Waals surface area contributed by atoms with Gasteiger partial charge in [-0.3, -0.25) is 4.79 Å². The second-order valence-electron chi connectivity index (χ2n) is 5.23. The number of carboxylic acid groups (broad SMARTS) is 1. The van der Waals surface area contributed by atoms with Crippen LogP contribution in [0.15, 0.2) is 18.5 Å². The number of nitrogens with zero attached hydrogens (tertiary/aromatic N) is 3. The Morgan fingerprint density at radius 1 is 1.36 bits per heavy atom. The van der Waals surface area contributed by atoms with Gasteiger partial charge in [-0.2, -0.15) is 0 Å². The SMILES string of the molecule is O=C(O)CCCNC(=O)NC1CCCN(c2ncccn2)C1. The number of rotatable bonds is 6. The van der Waals surface area contributed by atoms with E-state index in [2.05, 4.69) is 25.5 Å². The summed E-state index contributed by atoms with van der Waals surface area (Å²) in [7, 11) is 0. The third kappa shape index (κ3) is 5.19. The summed E-state index contributed by atoms with van der Waals surface area (Å²) in [5.74, 6) is -0.177. The van der Waals surface area contributed by atoms with Crippen LogP contribution in [-0.2, 0) is 4.79 Å². The molecule has 120 valence electrons. The molecule has 1 atom stereocenters. The van der Waals surface area contributed by atoms with Gasteiger partial charge in [0.05, 0.1) is 0 Å². The summed E-state index contributed by atoms with van der Waals surface area (Å²) >= 11 is 0. The van der Waals surface area contributed by atoms with Gasteiger partial charge in [0.1, 0.15) is 0 Å². The molecule has 1 aliphatic heterocycles. The monoisotopic (exact) mass is 307 g/mol. The summed E-state index contributed by atoms with van der Waals surface area (Å²) in [5.41, 5.74) is 0. The highest BCUT2D eigenvalue weighted by atomic mass is 16.4. The molecule has 0 aromatic carbocycles. The normalized spacial score (nSPS) is 17.8. The van der Waals surface area contributed by atoms with Gasteiger partial charge in [0, 0.05) is 44.5 Å². The number of carbonyl (C=O) groups excluding carboxylic acids is 1. The molecule has 2 heterocycles. The third-order valence-corrected chi connectivity index (χ3v) is 3.44. The summed E-state index contributed by atoms with van der Waals surface area (Å²) in [6.45, 7) is 1.91. The standard InChI is InChI=1S/C14H21N5O3/c20-12(21)5-1-6-17-14(22)18-11-4-2-9-19(10-11)13-15-7-3-8-16-13/h3,7-8,11H,1-2,4-6,9-10H2,(H,20,21)(H2,17,18,22). The van der Waals surface area contributed by atoms with Crippen molar-refractivity contribution in [3.63, 3.8) is 0 Å². The van der Waals surface area contributed by atoms with E-state index in [1.807, 2.05) is 0 Å². The molecule has 1 unspecified atom stereocenters. The predicted molar refractivity (Wildman–Crippen MR) is 80.7 cm³/mol. The average Bonchev–Trinajstić information content (AvgIpc) is 2.52. The van der Waals surface area contributed by atoms with Gasteiger partial charge >= 0.3 is 12.0 Å². The topological polar surface area (TPSA) is 107 Å². The van der Waals surface area contributed by atoms with E-state index in [9.17, 15) is 9.59 Å². The quantitative estimate of drug-likeness (QED) is 0.665. The predicted octanol–water partition coefficient (Wildman–Crippen LogP) is 0.609. The van der Waals surface area contributed by atoms with Crippen molar-refractivity contribution in [2.24, 2.45) is 0 Å². The Kier molecular flexibility index (Phi) is 5.93. The number of urea groups is 1. The van der Waals surface area contributed by atoms with E-state index < -0.39 is 5.97 Å². The zero-order valence-electron chi connectivity index (χ0n) is 12.4. The Hall–Kier alpha value is -2.38. The molecule has 0 spiro atoms. The largest absolute Gasteiger partial charge is 0.481 e. The first-order valence-electron chi connectivity index (χ1n) is 7.43. The minimum atomic E-state index is -0.854. The molecule has 1 aromatic heterocycles. The molecule has 2 amide bonds. The smallest absolute Gasteiger partial charge is 0.315 e. The molecular formula is C14H21N5O3. The molecule has 0 aliphatic carbocycles. The zero-order valence-corrected chi connectivity index (χ0v) is 12.4. The summed E-state index contributed by atoms with van der Waals surface area (Å²) in [6.07, 6.45) is 5.76. The summed E-state index contributed by atoms with van der Waals surface area (Å²) in [4.78, 5) is 32.7. The third-order valence-electron chi connectivity index (χ3n) is 3.44. The Morgan fingerprint density at radius 2 is 2.14 bits per heavy atom. The van der Waals surface area contributed by atoms with Gasteiger partial charge in [0.2, 0.25) is 5.95 Å². The molecular weight excluding hydrogens is 286 g/mol. The van der Waals surface area contributed by atoms with Crippen LogP contribution in [0.4, 0.5) is 10.7 Å². The Balaban J connectivity index is 1.73. The molecule has 8 heteroatoms. The first-order valence-corrected chi connectivity index (χ1v) is 7.43. The first-order chi connectivity index (χ1) is 10.6. The maximum atomic E-state index is 11.8. The van der Waals surface area contributed by atoms with Gasteiger partial charge in [0.25, 0.3) is 0 Å². The van der Waals surface area contributed by atoms with E-state index in [0.717, 1.165) is 19.4 Å². The van der Waals surface area contributed by atoms with Crippen molar-refractivity contribution in [1.29, 1.82) is 0 Å². The first kappa shape index (κ1) is 16.0. The number of anilines is 1. The number of amides is 2. The molecule has 0 radical (unpaired) electrons. The molecule has 1 saturated heterocycles. The summed E-state index contributed by atoms with van der Waals surface area (Å²) in [6, 6.07) is 1.55. The Labute approximate surface area is 128 Å². The molecule has 0 saturated carbocycles. The lowest BCUT2D eigenvalue weighted by atomic mass is 10.1. The molecule has 2 rings (SSSR count). The highest BCUT2D eigenvalue weighted by Gasteiger charge is 2.22. The number of piperidine rings is 1.